The summed E-state index contributed by atoms with van der Waals surface area (Å²) in [5, 5.41) is 12.5. The molecule has 0 radical (unpaired) electrons. The Morgan fingerprint density at radius 1 is 1.25 bits per heavy atom. The van der Waals surface area contributed by atoms with Crippen molar-refractivity contribution >= 4 is 17.8 Å². The number of rotatable bonds is 10. The fourth-order valence-corrected chi connectivity index (χ4v) is 2.04. The first kappa shape index (κ1) is 22.1. The molecule has 24 heavy (non-hydrogen) atoms. The van der Waals surface area contributed by atoms with Gasteiger partial charge in [0.25, 0.3) is 0 Å². The Bertz CT molecular complexity index is 441. The van der Waals surface area contributed by atoms with Crippen molar-refractivity contribution in [2.24, 2.45) is 5.92 Å². The molecule has 0 heterocycles. The Morgan fingerprint density at radius 2 is 1.88 bits per heavy atom. The highest BCUT2D eigenvalue weighted by Crippen LogP contribution is 2.20. The summed E-state index contributed by atoms with van der Waals surface area (Å²) in [6.07, 6.45) is 2.08. The summed E-state index contributed by atoms with van der Waals surface area (Å²) >= 11 is 0. The predicted octanol–water partition coefficient (Wildman–Crippen LogP) is 1.34. The van der Waals surface area contributed by atoms with E-state index in [2.05, 4.69) is 16.6 Å². The van der Waals surface area contributed by atoms with Crippen LogP contribution in [0.5, 0.6) is 0 Å². The number of unbranched alkanes of at least 4 members (excludes halogenated alkanes) is 1. The van der Waals surface area contributed by atoms with Crippen molar-refractivity contribution in [3.05, 3.63) is 12.7 Å². The molecule has 0 saturated carbocycles. The maximum absolute atomic E-state index is 12.0. The van der Waals surface area contributed by atoms with E-state index in [9.17, 15) is 19.5 Å². The van der Waals surface area contributed by atoms with Gasteiger partial charge in [0.15, 0.2) is 0 Å². The second-order valence-corrected chi connectivity index (χ2v) is 6.51. The number of nitrogens with one attached hydrogen (secondary N) is 1. The zero-order valence-corrected chi connectivity index (χ0v) is 15.0. The van der Waals surface area contributed by atoms with Crippen LogP contribution in [0.1, 0.15) is 46.5 Å². The molecule has 138 valence electrons. The van der Waals surface area contributed by atoms with E-state index >= 15 is 0 Å². The lowest BCUT2D eigenvalue weighted by Crippen LogP contribution is -2.42. The van der Waals surface area contributed by atoms with Gasteiger partial charge in [0, 0.05) is 5.92 Å². The average Bonchev–Trinajstić information content (AvgIpc) is 2.48. The van der Waals surface area contributed by atoms with Crippen LogP contribution in [0.15, 0.2) is 12.7 Å². The lowest BCUT2D eigenvalue weighted by Gasteiger charge is -2.24. The zero-order chi connectivity index (χ0) is 18.8. The number of amides is 1. The lowest BCUT2D eigenvalue weighted by atomic mass is 9.91. The van der Waals surface area contributed by atoms with Crippen molar-refractivity contribution in [3.63, 3.8) is 0 Å². The topological polar surface area (TPSA) is 102 Å². The van der Waals surface area contributed by atoms with Crippen molar-refractivity contribution in [1.82, 2.24) is 5.32 Å². The molecule has 7 nitrogen and oxygen atoms in total. The Morgan fingerprint density at radius 3 is 2.38 bits per heavy atom. The van der Waals surface area contributed by atoms with Gasteiger partial charge >= 0.3 is 11.9 Å². The van der Waals surface area contributed by atoms with Gasteiger partial charge in [-0.3, -0.25) is 14.4 Å². The van der Waals surface area contributed by atoms with Gasteiger partial charge in [-0.1, -0.05) is 6.08 Å². The molecular formula is C17H29NO6. The van der Waals surface area contributed by atoms with Crippen molar-refractivity contribution in [1.29, 1.82) is 0 Å². The first-order valence-corrected chi connectivity index (χ1v) is 7.96. The van der Waals surface area contributed by atoms with Crippen molar-refractivity contribution in [2.75, 3.05) is 13.7 Å². The third kappa shape index (κ3) is 9.99. The molecule has 2 atom stereocenters. The van der Waals surface area contributed by atoms with Crippen LogP contribution in [0.25, 0.3) is 0 Å². The molecule has 0 aliphatic heterocycles. The van der Waals surface area contributed by atoms with Crippen molar-refractivity contribution in [2.45, 2.75) is 58.2 Å². The maximum atomic E-state index is 12.0. The Labute approximate surface area is 143 Å². The number of carbonyl (C=O) groups is 3. The summed E-state index contributed by atoms with van der Waals surface area (Å²) in [5.74, 6) is -2.41. The molecule has 0 aromatic rings. The first-order chi connectivity index (χ1) is 11.1. The normalized spacial score (nSPS) is 13.5. The number of allylic oxidation sites excluding steroid dienone is 1. The molecule has 0 saturated heterocycles. The van der Waals surface area contributed by atoms with Crippen LogP contribution in [0.2, 0.25) is 0 Å². The second-order valence-electron chi connectivity index (χ2n) is 6.51. The number of hydrogen-bond donors (Lipinski definition) is 2. The van der Waals surface area contributed by atoms with Crippen LogP contribution in [0.3, 0.4) is 0 Å². The van der Waals surface area contributed by atoms with Gasteiger partial charge in [0.2, 0.25) is 5.91 Å². The summed E-state index contributed by atoms with van der Waals surface area (Å²) in [6, 6.07) is 0. The molecule has 2 N–H and O–H groups in total. The van der Waals surface area contributed by atoms with Crippen LogP contribution < -0.4 is 5.32 Å². The molecular weight excluding hydrogens is 314 g/mol. The number of hydrogen-bond acceptors (Lipinski definition) is 6. The van der Waals surface area contributed by atoms with Crippen LogP contribution >= 0.6 is 0 Å². The van der Waals surface area contributed by atoms with E-state index in [1.54, 1.807) is 26.8 Å². The zero-order valence-electron chi connectivity index (χ0n) is 15.0. The third-order valence-corrected chi connectivity index (χ3v) is 3.18. The Hall–Kier alpha value is -1.89. The van der Waals surface area contributed by atoms with Gasteiger partial charge < -0.3 is 19.9 Å². The minimum Gasteiger partial charge on any atom is -0.468 e. The number of aliphatic hydroxyl groups is 1. The van der Waals surface area contributed by atoms with E-state index in [4.69, 9.17) is 4.74 Å². The lowest BCUT2D eigenvalue weighted by molar-refractivity contribution is -0.157. The fourth-order valence-electron chi connectivity index (χ4n) is 2.04. The van der Waals surface area contributed by atoms with Gasteiger partial charge in [-0.2, -0.15) is 0 Å². The molecule has 1 amide bonds. The minimum atomic E-state index is -1.41. The maximum Gasteiger partial charge on any atom is 0.325 e. The standard InChI is InChI=1S/C17H29NO6/c1-6-7-8-9-12(10-13(19)24-17(2,3)4)15(21)16(22)18-11-14(20)23-5/h6,12,15,21H,1,7-11H2,2-5H3,(H,18,22)/t12-,15?/m1/s1. The summed E-state index contributed by atoms with van der Waals surface area (Å²) < 4.78 is 9.66. The molecule has 0 spiro atoms. The summed E-state index contributed by atoms with van der Waals surface area (Å²) in [6.45, 7) is 8.53. The van der Waals surface area contributed by atoms with E-state index in [1.807, 2.05) is 0 Å². The molecule has 0 aromatic carbocycles. The van der Waals surface area contributed by atoms with Crippen LogP contribution in [0, 0.1) is 5.92 Å². The molecule has 0 aromatic heterocycles. The van der Waals surface area contributed by atoms with Crippen LogP contribution in [-0.2, 0) is 23.9 Å². The van der Waals surface area contributed by atoms with Gasteiger partial charge in [-0.15, -0.1) is 6.58 Å². The largest absolute Gasteiger partial charge is 0.468 e. The Balaban J connectivity index is 4.77. The molecule has 0 rings (SSSR count). The quantitative estimate of drug-likeness (QED) is 0.353. The highest BCUT2D eigenvalue weighted by molar-refractivity contribution is 5.85. The van der Waals surface area contributed by atoms with Crippen LogP contribution in [0.4, 0.5) is 0 Å². The highest BCUT2D eigenvalue weighted by atomic mass is 16.6. The molecule has 7 heteroatoms. The first-order valence-electron chi connectivity index (χ1n) is 7.96. The number of ether oxygens (including phenoxy) is 2. The smallest absolute Gasteiger partial charge is 0.325 e. The Kier molecular flexibility index (Phi) is 9.95. The fraction of sp³-hybridized carbons (Fsp3) is 0.706. The number of aliphatic hydroxyl groups excluding tert-OH is 1. The number of methoxy groups -OCH3 is 1. The van der Waals surface area contributed by atoms with E-state index in [0.717, 1.165) is 0 Å². The van der Waals surface area contributed by atoms with Gasteiger partial charge in [0.05, 0.1) is 13.5 Å². The monoisotopic (exact) mass is 343 g/mol. The molecule has 0 aliphatic carbocycles. The average molecular weight is 343 g/mol. The molecule has 1 unspecified atom stereocenters. The van der Waals surface area contributed by atoms with Gasteiger partial charge in [0.1, 0.15) is 18.2 Å². The highest BCUT2D eigenvalue weighted by Gasteiger charge is 2.30. The summed E-state index contributed by atoms with van der Waals surface area (Å²) in [7, 11) is 1.20. The van der Waals surface area contributed by atoms with E-state index in [-0.39, 0.29) is 13.0 Å². The minimum absolute atomic E-state index is 0.0821. The van der Waals surface area contributed by atoms with Crippen LogP contribution in [-0.4, -0.2) is 48.3 Å². The third-order valence-electron chi connectivity index (χ3n) is 3.18. The second kappa shape index (κ2) is 10.8. The van der Waals surface area contributed by atoms with Crippen molar-refractivity contribution < 1.29 is 29.0 Å². The van der Waals surface area contributed by atoms with Gasteiger partial charge in [-0.05, 0) is 40.0 Å². The summed E-state index contributed by atoms with van der Waals surface area (Å²) in [5.41, 5.74) is -0.638. The molecule has 0 bridgehead atoms. The number of carbonyl (C=O) groups excluding carboxylic acids is 3. The van der Waals surface area contributed by atoms with Gasteiger partial charge in [-0.25, -0.2) is 0 Å². The molecule has 0 aliphatic rings. The molecule has 0 fully saturated rings. The van der Waals surface area contributed by atoms with E-state index in [0.29, 0.717) is 19.3 Å². The SMILES string of the molecule is C=CCCC[C@H](CC(=O)OC(C)(C)C)C(O)C(=O)NCC(=O)OC. The summed E-state index contributed by atoms with van der Waals surface area (Å²) in [4.78, 5) is 35.0. The number of esters is 2. The van der Waals surface area contributed by atoms with E-state index in [1.165, 1.54) is 7.11 Å². The predicted molar refractivity (Wildman–Crippen MR) is 89.0 cm³/mol. The van der Waals surface area contributed by atoms with E-state index < -0.39 is 35.5 Å². The van der Waals surface area contributed by atoms with Crippen molar-refractivity contribution in [3.8, 4) is 0 Å².